The van der Waals surface area contributed by atoms with Gasteiger partial charge < -0.3 is 14.5 Å². The Morgan fingerprint density at radius 3 is 2.22 bits per heavy atom. The van der Waals surface area contributed by atoms with E-state index in [1.54, 1.807) is 0 Å². The molecule has 1 heterocycles. The van der Waals surface area contributed by atoms with Crippen LogP contribution < -0.4 is 4.74 Å². The molecule has 27 heavy (non-hydrogen) atoms. The van der Waals surface area contributed by atoms with Crippen LogP contribution in [0.4, 0.5) is 0 Å². The van der Waals surface area contributed by atoms with E-state index in [-0.39, 0.29) is 24.8 Å². The molecule has 1 saturated heterocycles. The third-order valence-electron chi connectivity index (χ3n) is 4.93. The van der Waals surface area contributed by atoms with Gasteiger partial charge >= 0.3 is 0 Å². The minimum absolute atomic E-state index is 0. The van der Waals surface area contributed by atoms with Crippen molar-refractivity contribution < 1.29 is 4.74 Å². The van der Waals surface area contributed by atoms with Crippen LogP contribution >= 0.6 is 24.8 Å². The molecule has 0 atom stereocenters. The Kier molecular flexibility index (Phi) is 11.5. The molecular formula is C22H32Cl2N2O. The highest BCUT2D eigenvalue weighted by Gasteiger charge is 2.12. The summed E-state index contributed by atoms with van der Waals surface area (Å²) in [6, 6.07) is 19.0. The largest absolute Gasteiger partial charge is 0.493 e. The van der Waals surface area contributed by atoms with Crippen molar-refractivity contribution in [1.82, 2.24) is 9.80 Å². The van der Waals surface area contributed by atoms with Gasteiger partial charge in [0.1, 0.15) is 5.75 Å². The second-order valence-corrected chi connectivity index (χ2v) is 6.97. The quantitative estimate of drug-likeness (QED) is 0.594. The van der Waals surface area contributed by atoms with Crippen molar-refractivity contribution in [2.75, 3.05) is 46.4 Å². The van der Waals surface area contributed by atoms with E-state index in [1.165, 1.54) is 50.3 Å². The van der Waals surface area contributed by atoms with Gasteiger partial charge in [-0.15, -0.1) is 24.8 Å². The predicted octanol–water partition coefficient (Wildman–Crippen LogP) is 4.53. The first kappa shape index (κ1) is 23.8. The lowest BCUT2D eigenvalue weighted by atomic mass is 10.0. The third kappa shape index (κ3) is 8.10. The van der Waals surface area contributed by atoms with Crippen LogP contribution in [0.1, 0.15) is 24.0 Å². The average Bonchev–Trinajstić information content (AvgIpc) is 2.65. The van der Waals surface area contributed by atoms with Crippen LogP contribution in [-0.2, 0) is 6.42 Å². The van der Waals surface area contributed by atoms with Gasteiger partial charge in [-0.25, -0.2) is 0 Å². The summed E-state index contributed by atoms with van der Waals surface area (Å²) in [5, 5.41) is 0. The van der Waals surface area contributed by atoms with Crippen LogP contribution in [0.15, 0.2) is 54.6 Å². The molecule has 0 aromatic heterocycles. The SMILES string of the molecule is CN1CCN(CCCCOc2ccccc2Cc2ccccc2)CC1.Cl.Cl. The van der Waals surface area contributed by atoms with Crippen molar-refractivity contribution in [1.29, 1.82) is 0 Å². The highest BCUT2D eigenvalue weighted by Crippen LogP contribution is 2.21. The van der Waals surface area contributed by atoms with Crippen molar-refractivity contribution in [3.05, 3.63) is 65.7 Å². The number of rotatable bonds is 8. The first-order valence-electron chi connectivity index (χ1n) is 9.47. The molecule has 2 aromatic rings. The molecule has 1 aliphatic rings. The fraction of sp³-hybridized carbons (Fsp3) is 0.455. The third-order valence-corrected chi connectivity index (χ3v) is 4.93. The van der Waals surface area contributed by atoms with Crippen LogP contribution in [0, 0.1) is 0 Å². The molecule has 0 saturated carbocycles. The zero-order valence-electron chi connectivity index (χ0n) is 16.2. The summed E-state index contributed by atoms with van der Waals surface area (Å²) in [5.74, 6) is 1.03. The van der Waals surface area contributed by atoms with Gasteiger partial charge in [0.15, 0.2) is 0 Å². The second kappa shape index (κ2) is 13.0. The highest BCUT2D eigenvalue weighted by atomic mass is 35.5. The Balaban J connectivity index is 0.00000182. The predicted molar refractivity (Wildman–Crippen MR) is 119 cm³/mol. The van der Waals surface area contributed by atoms with Gasteiger partial charge in [-0.2, -0.15) is 0 Å². The van der Waals surface area contributed by atoms with Gasteiger partial charge in [0, 0.05) is 32.6 Å². The summed E-state index contributed by atoms with van der Waals surface area (Å²) in [7, 11) is 2.21. The zero-order chi connectivity index (χ0) is 17.3. The number of para-hydroxylation sites is 1. The molecule has 2 aromatic carbocycles. The van der Waals surface area contributed by atoms with Crippen molar-refractivity contribution in [3.63, 3.8) is 0 Å². The minimum atomic E-state index is 0. The smallest absolute Gasteiger partial charge is 0.122 e. The number of benzene rings is 2. The summed E-state index contributed by atoms with van der Waals surface area (Å²) in [4.78, 5) is 4.98. The van der Waals surface area contributed by atoms with Crippen LogP contribution in [0.2, 0.25) is 0 Å². The lowest BCUT2D eigenvalue weighted by molar-refractivity contribution is 0.150. The van der Waals surface area contributed by atoms with Gasteiger partial charge in [0.25, 0.3) is 0 Å². The first-order chi connectivity index (χ1) is 12.3. The maximum Gasteiger partial charge on any atom is 0.122 e. The zero-order valence-corrected chi connectivity index (χ0v) is 17.8. The molecule has 0 radical (unpaired) electrons. The number of halogens is 2. The normalized spacial score (nSPS) is 14.9. The Bertz CT molecular complexity index is 631. The molecule has 5 heteroatoms. The van der Waals surface area contributed by atoms with Gasteiger partial charge in [0.05, 0.1) is 6.61 Å². The summed E-state index contributed by atoms with van der Waals surface area (Å²) >= 11 is 0. The summed E-state index contributed by atoms with van der Waals surface area (Å²) in [6.45, 7) is 6.81. The molecule has 3 nitrogen and oxygen atoms in total. The summed E-state index contributed by atoms with van der Waals surface area (Å²) in [5.41, 5.74) is 2.60. The molecule has 0 spiro atoms. The monoisotopic (exact) mass is 410 g/mol. The molecule has 1 fully saturated rings. The van der Waals surface area contributed by atoms with E-state index < -0.39 is 0 Å². The molecule has 3 rings (SSSR count). The van der Waals surface area contributed by atoms with E-state index in [2.05, 4.69) is 71.4 Å². The molecule has 1 aliphatic heterocycles. The van der Waals surface area contributed by atoms with Gasteiger partial charge in [0.2, 0.25) is 0 Å². The van der Waals surface area contributed by atoms with Crippen molar-refractivity contribution in [2.45, 2.75) is 19.3 Å². The topological polar surface area (TPSA) is 15.7 Å². The molecular weight excluding hydrogens is 379 g/mol. The first-order valence-corrected chi connectivity index (χ1v) is 9.47. The highest BCUT2D eigenvalue weighted by molar-refractivity contribution is 5.85. The van der Waals surface area contributed by atoms with E-state index in [9.17, 15) is 0 Å². The molecule has 0 bridgehead atoms. The molecule has 0 aliphatic carbocycles. The number of piperazine rings is 1. The lowest BCUT2D eigenvalue weighted by Gasteiger charge is -2.32. The number of likely N-dealkylation sites (N-methyl/N-ethyl adjacent to an activating group) is 1. The second-order valence-electron chi connectivity index (χ2n) is 6.97. The van der Waals surface area contributed by atoms with Gasteiger partial charge in [-0.3, -0.25) is 0 Å². The van der Waals surface area contributed by atoms with Crippen LogP contribution in [-0.4, -0.2) is 56.2 Å². The fourth-order valence-electron chi connectivity index (χ4n) is 3.30. The maximum absolute atomic E-state index is 6.09. The Morgan fingerprint density at radius 2 is 1.48 bits per heavy atom. The van der Waals surface area contributed by atoms with Crippen molar-refractivity contribution in [2.24, 2.45) is 0 Å². The van der Waals surface area contributed by atoms with E-state index in [1.807, 2.05) is 0 Å². The lowest BCUT2D eigenvalue weighted by Crippen LogP contribution is -2.44. The number of ether oxygens (including phenoxy) is 1. The molecule has 150 valence electrons. The van der Waals surface area contributed by atoms with E-state index >= 15 is 0 Å². The number of hydrogen-bond acceptors (Lipinski definition) is 3. The summed E-state index contributed by atoms with van der Waals surface area (Å²) in [6.07, 6.45) is 3.26. The van der Waals surface area contributed by atoms with Crippen molar-refractivity contribution in [3.8, 4) is 5.75 Å². The number of nitrogens with zero attached hydrogens (tertiary/aromatic N) is 2. The molecule has 0 amide bonds. The van der Waals surface area contributed by atoms with Crippen LogP contribution in [0.5, 0.6) is 5.75 Å². The average molecular weight is 411 g/mol. The fourth-order valence-corrected chi connectivity index (χ4v) is 3.30. The van der Waals surface area contributed by atoms with Crippen LogP contribution in [0.25, 0.3) is 0 Å². The van der Waals surface area contributed by atoms with E-state index in [0.717, 1.165) is 25.2 Å². The van der Waals surface area contributed by atoms with Gasteiger partial charge in [-0.1, -0.05) is 48.5 Å². The number of hydrogen-bond donors (Lipinski definition) is 0. The Hall–Kier alpha value is -1.26. The Morgan fingerprint density at radius 1 is 0.815 bits per heavy atom. The number of unbranched alkanes of at least 4 members (excludes halogenated alkanes) is 1. The van der Waals surface area contributed by atoms with E-state index in [4.69, 9.17) is 4.74 Å². The van der Waals surface area contributed by atoms with Crippen molar-refractivity contribution >= 4 is 24.8 Å². The minimum Gasteiger partial charge on any atom is -0.493 e. The van der Waals surface area contributed by atoms with Crippen LogP contribution in [0.3, 0.4) is 0 Å². The summed E-state index contributed by atoms with van der Waals surface area (Å²) < 4.78 is 6.09. The molecule has 0 N–H and O–H groups in total. The standard InChI is InChI=1S/C22H30N2O.2ClH/c1-23-14-16-24(17-15-23)13-7-8-18-25-22-12-6-5-11-21(22)19-20-9-3-2-4-10-20;;/h2-6,9-12H,7-8,13-19H2,1H3;2*1H. The maximum atomic E-state index is 6.09. The Labute approximate surface area is 176 Å². The van der Waals surface area contributed by atoms with Gasteiger partial charge in [-0.05, 0) is 43.6 Å². The molecule has 0 unspecified atom stereocenters. The van der Waals surface area contributed by atoms with E-state index in [0.29, 0.717) is 0 Å².